The van der Waals surface area contributed by atoms with Crippen molar-refractivity contribution < 1.29 is 13.9 Å². The number of Topliss-reactive ketones (excluding diaryl/α,β-unsaturated/α-hetero) is 1. The second kappa shape index (κ2) is 6.38. The van der Waals surface area contributed by atoms with Gasteiger partial charge in [0, 0.05) is 9.86 Å². The lowest BCUT2D eigenvalue weighted by atomic mass is 10.1. The standard InChI is InChI=1S/C18H14BrNO3/c1-11(21)16-10-12-9-13(19)3-8-17(12)23-18(16)20-14-4-6-15(22-2)7-5-14/h3-10H,1-2H3/b20-18-. The Hall–Kier alpha value is -2.40. The smallest absolute Gasteiger partial charge is 0.230 e. The van der Waals surface area contributed by atoms with Gasteiger partial charge in [0.2, 0.25) is 5.55 Å². The summed E-state index contributed by atoms with van der Waals surface area (Å²) in [4.78, 5) is 16.4. The summed E-state index contributed by atoms with van der Waals surface area (Å²) in [5, 5.41) is 0.846. The summed E-state index contributed by atoms with van der Waals surface area (Å²) in [7, 11) is 1.61. The summed E-state index contributed by atoms with van der Waals surface area (Å²) >= 11 is 3.42. The molecule has 0 atom stereocenters. The molecule has 3 aromatic rings. The van der Waals surface area contributed by atoms with Crippen LogP contribution in [0.1, 0.15) is 17.3 Å². The number of hydrogen-bond donors (Lipinski definition) is 0. The highest BCUT2D eigenvalue weighted by Crippen LogP contribution is 2.21. The summed E-state index contributed by atoms with van der Waals surface area (Å²) in [5.41, 5.74) is 2.11. The molecule has 0 spiro atoms. The molecule has 5 heteroatoms. The van der Waals surface area contributed by atoms with Crippen LogP contribution in [0.4, 0.5) is 5.69 Å². The third kappa shape index (κ3) is 3.35. The van der Waals surface area contributed by atoms with E-state index in [1.54, 1.807) is 13.2 Å². The summed E-state index contributed by atoms with van der Waals surface area (Å²) < 4.78 is 11.9. The molecule has 0 N–H and O–H groups in total. The van der Waals surface area contributed by atoms with E-state index < -0.39 is 0 Å². The average molecular weight is 372 g/mol. The molecule has 0 bridgehead atoms. The number of fused-ring (bicyclic) bond motifs is 1. The van der Waals surface area contributed by atoms with Crippen molar-refractivity contribution in [2.45, 2.75) is 6.92 Å². The van der Waals surface area contributed by atoms with Crippen LogP contribution in [0.2, 0.25) is 0 Å². The van der Waals surface area contributed by atoms with Crippen LogP contribution in [0.5, 0.6) is 5.75 Å². The first-order valence-corrected chi connectivity index (χ1v) is 7.79. The van der Waals surface area contributed by atoms with Gasteiger partial charge in [-0.05, 0) is 55.5 Å². The number of carbonyl (C=O) groups is 1. The van der Waals surface area contributed by atoms with Gasteiger partial charge in [-0.2, -0.15) is 0 Å². The predicted octanol–water partition coefficient (Wildman–Crippen LogP) is 4.64. The number of methoxy groups -OCH3 is 1. The molecule has 0 saturated carbocycles. The molecule has 1 heterocycles. The number of ether oxygens (including phenoxy) is 1. The Morgan fingerprint density at radius 2 is 1.87 bits per heavy atom. The Morgan fingerprint density at radius 1 is 1.13 bits per heavy atom. The molecule has 1 aromatic heterocycles. The second-order valence-corrected chi connectivity index (χ2v) is 5.93. The van der Waals surface area contributed by atoms with Crippen molar-refractivity contribution in [3.05, 3.63) is 64.1 Å². The molecule has 4 nitrogen and oxygen atoms in total. The SMILES string of the molecule is COc1ccc(/N=c2\oc3ccc(Br)cc3cc2C(C)=O)cc1. The summed E-state index contributed by atoms with van der Waals surface area (Å²) in [6.45, 7) is 1.50. The Kier molecular flexibility index (Phi) is 4.30. The Morgan fingerprint density at radius 3 is 2.52 bits per heavy atom. The topological polar surface area (TPSA) is 51.8 Å². The number of halogens is 1. The number of hydrogen-bond acceptors (Lipinski definition) is 4. The van der Waals surface area contributed by atoms with Gasteiger partial charge in [-0.15, -0.1) is 0 Å². The summed E-state index contributed by atoms with van der Waals surface area (Å²) in [6, 6.07) is 14.7. The van der Waals surface area contributed by atoms with E-state index in [0.29, 0.717) is 22.4 Å². The van der Waals surface area contributed by atoms with E-state index >= 15 is 0 Å². The Bertz CT molecular complexity index is 943. The van der Waals surface area contributed by atoms with E-state index in [1.165, 1.54) is 6.92 Å². The first-order valence-electron chi connectivity index (χ1n) is 7.00. The van der Waals surface area contributed by atoms with Crippen molar-refractivity contribution in [1.29, 1.82) is 0 Å². The van der Waals surface area contributed by atoms with Gasteiger partial charge in [0.1, 0.15) is 11.3 Å². The van der Waals surface area contributed by atoms with Crippen LogP contribution < -0.4 is 10.3 Å². The lowest BCUT2D eigenvalue weighted by molar-refractivity contribution is 0.101. The van der Waals surface area contributed by atoms with Gasteiger partial charge in [0.05, 0.1) is 18.4 Å². The second-order valence-electron chi connectivity index (χ2n) is 5.01. The van der Waals surface area contributed by atoms with E-state index in [2.05, 4.69) is 20.9 Å². The molecule has 0 radical (unpaired) electrons. The van der Waals surface area contributed by atoms with E-state index in [-0.39, 0.29) is 5.78 Å². The fourth-order valence-corrected chi connectivity index (χ4v) is 2.59. The number of benzene rings is 2. The maximum atomic E-state index is 11.9. The number of nitrogens with zero attached hydrogens (tertiary/aromatic N) is 1. The van der Waals surface area contributed by atoms with Crippen molar-refractivity contribution in [2.24, 2.45) is 4.99 Å². The maximum Gasteiger partial charge on any atom is 0.230 e. The number of ketones is 1. The van der Waals surface area contributed by atoms with Crippen molar-refractivity contribution in [1.82, 2.24) is 0 Å². The first kappa shape index (κ1) is 15.5. The van der Waals surface area contributed by atoms with Gasteiger partial charge in [-0.1, -0.05) is 15.9 Å². The summed E-state index contributed by atoms with van der Waals surface area (Å²) in [6.07, 6.45) is 0. The van der Waals surface area contributed by atoms with Gasteiger partial charge >= 0.3 is 0 Å². The number of rotatable bonds is 3. The highest BCUT2D eigenvalue weighted by molar-refractivity contribution is 9.10. The molecule has 0 fully saturated rings. The molecule has 23 heavy (non-hydrogen) atoms. The predicted molar refractivity (Wildman–Crippen MR) is 92.1 cm³/mol. The van der Waals surface area contributed by atoms with Crippen LogP contribution in [-0.4, -0.2) is 12.9 Å². The van der Waals surface area contributed by atoms with Gasteiger partial charge < -0.3 is 9.15 Å². The lowest BCUT2D eigenvalue weighted by Crippen LogP contribution is -2.12. The van der Waals surface area contributed by atoms with Crippen LogP contribution >= 0.6 is 15.9 Å². The van der Waals surface area contributed by atoms with Gasteiger partial charge in [-0.25, -0.2) is 4.99 Å². The van der Waals surface area contributed by atoms with Crippen LogP contribution in [-0.2, 0) is 0 Å². The monoisotopic (exact) mass is 371 g/mol. The minimum atomic E-state index is -0.0945. The van der Waals surface area contributed by atoms with Crippen LogP contribution in [0.3, 0.4) is 0 Å². The van der Waals surface area contributed by atoms with Crippen molar-refractivity contribution in [3.63, 3.8) is 0 Å². The quantitative estimate of drug-likeness (QED) is 0.630. The first-order chi connectivity index (χ1) is 11.1. The molecule has 0 aliphatic carbocycles. The third-order valence-corrected chi connectivity index (χ3v) is 3.88. The van der Waals surface area contributed by atoms with Gasteiger partial charge in [0.15, 0.2) is 5.78 Å². The molecule has 0 aliphatic rings. The van der Waals surface area contributed by atoms with Crippen molar-refractivity contribution >= 4 is 38.4 Å². The van der Waals surface area contributed by atoms with Crippen molar-refractivity contribution in [3.8, 4) is 5.75 Å². The molecule has 0 aliphatic heterocycles. The molecular weight excluding hydrogens is 358 g/mol. The van der Waals surface area contributed by atoms with Gasteiger partial charge in [-0.3, -0.25) is 4.79 Å². The fourth-order valence-electron chi connectivity index (χ4n) is 2.21. The van der Waals surface area contributed by atoms with E-state index in [9.17, 15) is 4.79 Å². The van der Waals surface area contributed by atoms with Crippen LogP contribution in [0.15, 0.2) is 62.4 Å². The lowest BCUT2D eigenvalue weighted by Gasteiger charge is -2.03. The number of carbonyl (C=O) groups excluding carboxylic acids is 1. The van der Waals surface area contributed by atoms with Gasteiger partial charge in [0.25, 0.3) is 0 Å². The van der Waals surface area contributed by atoms with Crippen LogP contribution in [0.25, 0.3) is 11.0 Å². The molecule has 0 amide bonds. The Labute approximate surface area is 141 Å². The van der Waals surface area contributed by atoms with Crippen molar-refractivity contribution in [2.75, 3.05) is 7.11 Å². The molecule has 116 valence electrons. The maximum absolute atomic E-state index is 11.9. The molecule has 3 rings (SSSR count). The molecule has 2 aromatic carbocycles. The van der Waals surface area contributed by atoms with Crippen LogP contribution in [0, 0.1) is 0 Å². The molecular formula is C18H14BrNO3. The van der Waals surface area contributed by atoms with E-state index in [4.69, 9.17) is 9.15 Å². The van der Waals surface area contributed by atoms with E-state index in [1.807, 2.05) is 42.5 Å². The molecule has 0 unspecified atom stereocenters. The highest BCUT2D eigenvalue weighted by atomic mass is 79.9. The van der Waals surface area contributed by atoms with E-state index in [0.717, 1.165) is 15.6 Å². The minimum absolute atomic E-state index is 0.0945. The fraction of sp³-hybridized carbons (Fsp3) is 0.111. The minimum Gasteiger partial charge on any atom is -0.497 e. The zero-order chi connectivity index (χ0) is 16.4. The normalized spacial score (nSPS) is 11.7. The third-order valence-electron chi connectivity index (χ3n) is 3.39. The highest BCUT2D eigenvalue weighted by Gasteiger charge is 2.09. The average Bonchev–Trinajstić information content (AvgIpc) is 2.55. The summed E-state index contributed by atoms with van der Waals surface area (Å²) in [5.74, 6) is 0.652. The zero-order valence-electron chi connectivity index (χ0n) is 12.7. The zero-order valence-corrected chi connectivity index (χ0v) is 14.3. The largest absolute Gasteiger partial charge is 0.497 e. The molecule has 0 saturated heterocycles. The Balaban J connectivity index is 2.21.